The normalized spacial score (nSPS) is 12.1. The lowest BCUT2D eigenvalue weighted by Gasteiger charge is -2.10. The Kier molecular flexibility index (Phi) is 6.38. The van der Waals surface area contributed by atoms with E-state index in [1.165, 1.54) is 54.6 Å². The lowest BCUT2D eigenvalue weighted by molar-refractivity contribution is 0.668. The van der Waals surface area contributed by atoms with Crippen LogP contribution in [0.4, 0.5) is 0 Å². The summed E-state index contributed by atoms with van der Waals surface area (Å²) in [7, 11) is 0. The van der Waals surface area contributed by atoms with E-state index >= 15 is 0 Å². The minimum atomic E-state index is 0.893. The lowest BCUT2D eigenvalue weighted by atomic mass is 10.0. The van der Waals surface area contributed by atoms with Gasteiger partial charge in [0.05, 0.1) is 27.6 Å². The van der Waals surface area contributed by atoms with Crippen LogP contribution in [0.5, 0.6) is 0 Å². The van der Waals surface area contributed by atoms with Crippen molar-refractivity contribution in [1.29, 1.82) is 0 Å². The van der Waals surface area contributed by atoms with Crippen molar-refractivity contribution in [1.82, 2.24) is 18.7 Å². The van der Waals surface area contributed by atoms with Crippen molar-refractivity contribution in [3.05, 3.63) is 194 Å². The second-order valence-electron chi connectivity index (χ2n) is 15.2. The molecule has 0 saturated heterocycles. The standard InChI is InChI=1S/C53H32N4O/c1-2-11-35(12-3-1)57-50-27-23-36(31-45(50)42-16-10-28-54-53(42)57)55-46-17-7-4-13-38(46)43-29-33(20-25-48(43)55)34-21-26-49-44(30-34)39-14-5-8-18-47(39)56(49)37-22-24-41-40-15-6-9-19-51(40)58-52(41)32-37/h1-32H. The molecule has 0 atom stereocenters. The van der Waals surface area contributed by atoms with E-state index in [0.717, 1.165) is 61.1 Å². The van der Waals surface area contributed by atoms with E-state index in [-0.39, 0.29) is 0 Å². The molecular weight excluding hydrogens is 709 g/mol. The van der Waals surface area contributed by atoms with E-state index in [1.807, 2.05) is 24.4 Å². The van der Waals surface area contributed by atoms with Gasteiger partial charge in [0.25, 0.3) is 0 Å². The van der Waals surface area contributed by atoms with Gasteiger partial charge in [0.15, 0.2) is 0 Å². The predicted octanol–water partition coefficient (Wildman–Crippen LogP) is 13.9. The van der Waals surface area contributed by atoms with Gasteiger partial charge in [-0.05, 0) is 108 Å². The molecular formula is C53H32N4O. The summed E-state index contributed by atoms with van der Waals surface area (Å²) in [6.07, 6.45) is 1.88. The van der Waals surface area contributed by atoms with E-state index < -0.39 is 0 Å². The van der Waals surface area contributed by atoms with Gasteiger partial charge in [-0.1, -0.05) is 84.9 Å². The molecule has 5 heteroatoms. The Hall–Kier alpha value is -7.89. The van der Waals surface area contributed by atoms with Crippen molar-refractivity contribution < 1.29 is 4.42 Å². The summed E-state index contributed by atoms with van der Waals surface area (Å²) < 4.78 is 13.4. The molecule has 0 aliphatic heterocycles. The highest BCUT2D eigenvalue weighted by Crippen LogP contribution is 2.40. The third kappa shape index (κ3) is 4.38. The Labute approximate surface area is 331 Å². The maximum absolute atomic E-state index is 6.32. The number of para-hydroxylation sites is 4. The fourth-order valence-corrected chi connectivity index (χ4v) is 9.53. The van der Waals surface area contributed by atoms with Crippen LogP contribution in [0.3, 0.4) is 0 Å². The molecule has 0 aliphatic rings. The number of fused-ring (bicyclic) bond motifs is 12. The molecule has 8 aromatic carbocycles. The number of hydrogen-bond acceptors (Lipinski definition) is 2. The molecule has 0 spiro atoms. The van der Waals surface area contributed by atoms with E-state index in [2.05, 4.69) is 184 Å². The number of rotatable bonds is 4. The number of aromatic nitrogens is 4. The molecule has 13 aromatic rings. The lowest BCUT2D eigenvalue weighted by Crippen LogP contribution is -1.96. The SMILES string of the molecule is c1ccc(-n2c3ccc(-n4c5ccccc5c5cc(-c6ccc7c(c6)c6ccccc6n7-c6ccc7c(c6)oc6ccccc67)ccc54)cc3c3cccnc32)cc1. The average molecular weight is 741 g/mol. The first-order valence-corrected chi connectivity index (χ1v) is 19.7. The topological polar surface area (TPSA) is 40.8 Å². The van der Waals surface area contributed by atoms with Crippen molar-refractivity contribution >= 4 is 87.5 Å². The summed E-state index contributed by atoms with van der Waals surface area (Å²) in [4.78, 5) is 4.85. The Morgan fingerprint density at radius 3 is 1.55 bits per heavy atom. The summed E-state index contributed by atoms with van der Waals surface area (Å²) in [5.41, 5.74) is 14.3. The minimum absolute atomic E-state index is 0.893. The second-order valence-corrected chi connectivity index (χ2v) is 15.2. The molecule has 5 aromatic heterocycles. The van der Waals surface area contributed by atoms with Gasteiger partial charge < -0.3 is 13.6 Å². The average Bonchev–Trinajstić information content (AvgIpc) is 4.02. The summed E-state index contributed by atoms with van der Waals surface area (Å²) in [6, 6.07) is 67.7. The number of furan rings is 1. The summed E-state index contributed by atoms with van der Waals surface area (Å²) in [5, 5.41) is 9.48. The summed E-state index contributed by atoms with van der Waals surface area (Å²) in [6.45, 7) is 0. The fraction of sp³-hybridized carbons (Fsp3) is 0. The van der Waals surface area contributed by atoms with Gasteiger partial charge in [-0.25, -0.2) is 4.98 Å². The van der Waals surface area contributed by atoms with Crippen molar-refractivity contribution in [3.63, 3.8) is 0 Å². The van der Waals surface area contributed by atoms with Crippen molar-refractivity contribution in [2.75, 3.05) is 0 Å². The molecule has 13 rings (SSSR count). The smallest absolute Gasteiger partial charge is 0.145 e. The van der Waals surface area contributed by atoms with Gasteiger partial charge in [-0.3, -0.25) is 4.57 Å². The quantitative estimate of drug-likeness (QED) is 0.180. The molecule has 0 bridgehead atoms. The van der Waals surface area contributed by atoms with E-state index in [1.54, 1.807) is 0 Å². The first-order valence-electron chi connectivity index (χ1n) is 19.7. The van der Waals surface area contributed by atoms with Gasteiger partial charge in [-0.2, -0.15) is 0 Å². The van der Waals surface area contributed by atoms with Gasteiger partial charge in [0.1, 0.15) is 16.8 Å². The predicted molar refractivity (Wildman–Crippen MR) is 240 cm³/mol. The Bertz CT molecular complexity index is 3800. The molecule has 58 heavy (non-hydrogen) atoms. The van der Waals surface area contributed by atoms with Crippen molar-refractivity contribution in [2.45, 2.75) is 0 Å². The highest BCUT2D eigenvalue weighted by Gasteiger charge is 2.19. The molecule has 0 aliphatic carbocycles. The highest BCUT2D eigenvalue weighted by molar-refractivity contribution is 6.14. The van der Waals surface area contributed by atoms with Crippen LogP contribution in [0.15, 0.2) is 199 Å². The molecule has 0 radical (unpaired) electrons. The fourth-order valence-electron chi connectivity index (χ4n) is 9.53. The Morgan fingerprint density at radius 2 is 0.828 bits per heavy atom. The second kappa shape index (κ2) is 11.8. The zero-order chi connectivity index (χ0) is 37.9. The van der Waals surface area contributed by atoms with Crippen LogP contribution in [-0.2, 0) is 0 Å². The maximum atomic E-state index is 6.32. The van der Waals surface area contributed by atoms with Crippen LogP contribution in [0, 0.1) is 0 Å². The third-order valence-electron chi connectivity index (χ3n) is 12.1. The summed E-state index contributed by atoms with van der Waals surface area (Å²) >= 11 is 0. The van der Waals surface area contributed by atoms with E-state index in [4.69, 9.17) is 9.40 Å². The van der Waals surface area contributed by atoms with Gasteiger partial charge in [0, 0.05) is 72.4 Å². The molecule has 0 saturated carbocycles. The first-order chi connectivity index (χ1) is 28.8. The Morgan fingerprint density at radius 1 is 0.310 bits per heavy atom. The number of benzene rings is 8. The molecule has 0 fully saturated rings. The first kappa shape index (κ1) is 31.3. The third-order valence-corrected chi connectivity index (χ3v) is 12.1. The zero-order valence-electron chi connectivity index (χ0n) is 31.2. The maximum Gasteiger partial charge on any atom is 0.145 e. The molecule has 0 N–H and O–H groups in total. The van der Waals surface area contributed by atoms with Crippen LogP contribution in [0.2, 0.25) is 0 Å². The van der Waals surface area contributed by atoms with Crippen LogP contribution >= 0.6 is 0 Å². The van der Waals surface area contributed by atoms with Crippen LogP contribution in [0.1, 0.15) is 0 Å². The number of hydrogen-bond donors (Lipinski definition) is 0. The van der Waals surface area contributed by atoms with Gasteiger partial charge >= 0.3 is 0 Å². The van der Waals surface area contributed by atoms with Crippen molar-refractivity contribution in [3.8, 4) is 28.2 Å². The monoisotopic (exact) mass is 740 g/mol. The van der Waals surface area contributed by atoms with Crippen LogP contribution in [0.25, 0.3) is 116 Å². The zero-order valence-corrected chi connectivity index (χ0v) is 31.2. The molecule has 0 amide bonds. The largest absolute Gasteiger partial charge is 0.456 e. The van der Waals surface area contributed by atoms with E-state index in [9.17, 15) is 0 Å². The minimum Gasteiger partial charge on any atom is -0.456 e. The van der Waals surface area contributed by atoms with E-state index in [0.29, 0.717) is 0 Å². The molecule has 270 valence electrons. The van der Waals surface area contributed by atoms with Crippen LogP contribution < -0.4 is 0 Å². The van der Waals surface area contributed by atoms with Crippen molar-refractivity contribution in [2.24, 2.45) is 0 Å². The molecule has 0 unspecified atom stereocenters. The Balaban J connectivity index is 0.968. The highest BCUT2D eigenvalue weighted by atomic mass is 16.3. The molecule has 5 heterocycles. The van der Waals surface area contributed by atoms with Gasteiger partial charge in [-0.15, -0.1) is 0 Å². The number of pyridine rings is 1. The summed E-state index contributed by atoms with van der Waals surface area (Å²) in [5.74, 6) is 0. The molecule has 5 nitrogen and oxygen atoms in total. The van der Waals surface area contributed by atoms with Gasteiger partial charge in [0.2, 0.25) is 0 Å². The number of nitrogens with zero attached hydrogens (tertiary/aromatic N) is 4. The van der Waals surface area contributed by atoms with Crippen LogP contribution in [-0.4, -0.2) is 18.7 Å².